The summed E-state index contributed by atoms with van der Waals surface area (Å²) in [6, 6.07) is 4.74. The van der Waals surface area contributed by atoms with Gasteiger partial charge in [-0.25, -0.2) is 8.42 Å². The summed E-state index contributed by atoms with van der Waals surface area (Å²) >= 11 is 0. The number of fused-ring (bicyclic) bond motifs is 1. The van der Waals surface area contributed by atoms with Crippen molar-refractivity contribution in [3.05, 3.63) is 40.2 Å². The van der Waals surface area contributed by atoms with E-state index in [4.69, 9.17) is 0 Å². The number of hydrogen-bond donors (Lipinski definition) is 1. The number of hydrogen-bond acceptors (Lipinski definition) is 4. The monoisotopic (exact) mass is 459 g/mol. The van der Waals surface area contributed by atoms with Crippen LogP contribution in [0.1, 0.15) is 62.7 Å². The topological polar surface area (TPSA) is 88.5 Å². The third-order valence-electron chi connectivity index (χ3n) is 6.82. The van der Waals surface area contributed by atoms with E-state index in [1.54, 1.807) is 29.9 Å². The Bertz CT molecular complexity index is 1170. The van der Waals surface area contributed by atoms with Gasteiger partial charge in [0.1, 0.15) is 5.56 Å². The highest BCUT2D eigenvalue weighted by atomic mass is 32.2. The second kappa shape index (κ2) is 8.98. The van der Waals surface area contributed by atoms with Crippen LogP contribution in [-0.4, -0.2) is 42.3 Å². The zero-order chi connectivity index (χ0) is 23.0. The van der Waals surface area contributed by atoms with Crippen LogP contribution in [-0.2, 0) is 17.1 Å². The maximum Gasteiger partial charge on any atom is 0.256 e. The van der Waals surface area contributed by atoms with E-state index in [2.05, 4.69) is 19.2 Å². The van der Waals surface area contributed by atoms with Gasteiger partial charge in [-0.2, -0.15) is 4.31 Å². The first kappa shape index (κ1) is 23.0. The van der Waals surface area contributed by atoms with Crippen LogP contribution < -0.4 is 10.7 Å². The fourth-order valence-electron chi connectivity index (χ4n) is 5.25. The van der Waals surface area contributed by atoms with Gasteiger partial charge in [0.05, 0.1) is 10.4 Å². The molecule has 2 unspecified atom stereocenters. The van der Waals surface area contributed by atoms with Gasteiger partial charge in [-0.1, -0.05) is 33.1 Å². The van der Waals surface area contributed by atoms with E-state index in [1.807, 2.05) is 0 Å². The molecule has 1 aromatic heterocycles. The number of nitrogens with one attached hydrogen (secondary N) is 1. The fourth-order valence-corrected chi connectivity index (χ4v) is 6.96. The number of piperidine rings is 1. The van der Waals surface area contributed by atoms with Crippen molar-refractivity contribution in [2.45, 2.75) is 63.3 Å². The van der Waals surface area contributed by atoms with Gasteiger partial charge in [-0.05, 0) is 49.3 Å². The van der Waals surface area contributed by atoms with Gasteiger partial charge in [0.25, 0.3) is 5.91 Å². The lowest BCUT2D eigenvalue weighted by Crippen LogP contribution is -2.42. The lowest BCUT2D eigenvalue weighted by atomic mass is 9.94. The Morgan fingerprint density at radius 2 is 1.72 bits per heavy atom. The van der Waals surface area contributed by atoms with E-state index in [-0.39, 0.29) is 39.6 Å². The van der Waals surface area contributed by atoms with Gasteiger partial charge >= 0.3 is 0 Å². The molecule has 8 heteroatoms. The third-order valence-corrected chi connectivity index (χ3v) is 8.65. The van der Waals surface area contributed by atoms with E-state index < -0.39 is 15.5 Å². The standard InChI is InChI=1S/C24H33N3O4S/c1-16-11-17(2)14-27(13-16)32(30,31)19-9-10-22-20(12-19)23(28)21(15-26(22)3)24(29)25-18-7-5-4-6-8-18/h9-10,12,15-18H,4-8,11,13-14H2,1-3H3,(H,25,29). The molecule has 2 atom stereocenters. The molecule has 1 aromatic carbocycles. The first-order valence-electron chi connectivity index (χ1n) is 11.6. The number of sulfonamides is 1. The van der Waals surface area contributed by atoms with Crippen molar-refractivity contribution in [2.24, 2.45) is 18.9 Å². The van der Waals surface area contributed by atoms with Gasteiger partial charge in [0.2, 0.25) is 15.5 Å². The molecule has 2 aliphatic rings. The highest BCUT2D eigenvalue weighted by molar-refractivity contribution is 7.89. The zero-order valence-corrected chi connectivity index (χ0v) is 20.0. The van der Waals surface area contributed by atoms with Crippen LogP contribution in [0.3, 0.4) is 0 Å². The molecule has 2 fully saturated rings. The number of amides is 1. The van der Waals surface area contributed by atoms with Crippen molar-refractivity contribution < 1.29 is 13.2 Å². The van der Waals surface area contributed by atoms with E-state index in [0.29, 0.717) is 18.6 Å². The predicted octanol–water partition coefficient (Wildman–Crippen LogP) is 3.27. The smallest absolute Gasteiger partial charge is 0.256 e. The number of aryl methyl sites for hydroxylation is 1. The third kappa shape index (κ3) is 4.48. The number of rotatable bonds is 4. The van der Waals surface area contributed by atoms with Crippen molar-refractivity contribution in [2.75, 3.05) is 13.1 Å². The van der Waals surface area contributed by atoms with Crippen molar-refractivity contribution >= 4 is 26.8 Å². The van der Waals surface area contributed by atoms with E-state index >= 15 is 0 Å². The quantitative estimate of drug-likeness (QED) is 0.760. The first-order chi connectivity index (χ1) is 15.2. The second-order valence-corrected chi connectivity index (χ2v) is 11.7. The van der Waals surface area contributed by atoms with Crippen molar-refractivity contribution in [3.63, 3.8) is 0 Å². The second-order valence-electron chi connectivity index (χ2n) is 9.74. The molecule has 0 radical (unpaired) electrons. The molecule has 1 N–H and O–H groups in total. The lowest BCUT2D eigenvalue weighted by molar-refractivity contribution is 0.0926. The molecule has 1 saturated heterocycles. The predicted molar refractivity (Wildman–Crippen MR) is 125 cm³/mol. The average molecular weight is 460 g/mol. The Morgan fingerprint density at radius 3 is 2.38 bits per heavy atom. The molecule has 174 valence electrons. The van der Waals surface area contributed by atoms with Gasteiger partial charge < -0.3 is 9.88 Å². The summed E-state index contributed by atoms with van der Waals surface area (Å²) in [4.78, 5) is 26.2. The molecule has 0 spiro atoms. The Labute approximate surface area is 189 Å². The van der Waals surface area contributed by atoms with Crippen LogP contribution in [0.4, 0.5) is 0 Å². The molecule has 4 rings (SSSR count). The summed E-state index contributed by atoms with van der Waals surface area (Å²) < 4.78 is 29.9. The minimum Gasteiger partial charge on any atom is -0.350 e. The normalized spacial score (nSPS) is 23.3. The molecule has 1 aliphatic carbocycles. The van der Waals surface area contributed by atoms with Crippen molar-refractivity contribution in [1.29, 1.82) is 0 Å². The number of aromatic nitrogens is 1. The van der Waals surface area contributed by atoms with Crippen molar-refractivity contribution in [1.82, 2.24) is 14.2 Å². The summed E-state index contributed by atoms with van der Waals surface area (Å²) in [6.45, 7) is 5.08. The molecule has 7 nitrogen and oxygen atoms in total. The summed E-state index contributed by atoms with van der Waals surface area (Å²) in [5.74, 6) is 0.195. The number of carbonyl (C=O) groups excluding carboxylic acids is 1. The molecule has 2 heterocycles. The molecule has 2 aromatic rings. The molecule has 1 aliphatic heterocycles. The minimum atomic E-state index is -3.72. The van der Waals surface area contributed by atoms with Crippen LogP contribution in [0.2, 0.25) is 0 Å². The number of nitrogens with zero attached hydrogens (tertiary/aromatic N) is 2. The summed E-state index contributed by atoms with van der Waals surface area (Å²) in [6.07, 6.45) is 7.74. The van der Waals surface area contributed by atoms with Gasteiger partial charge in [0, 0.05) is 37.8 Å². The van der Waals surface area contributed by atoms with Gasteiger partial charge in [-0.15, -0.1) is 0 Å². The van der Waals surface area contributed by atoms with Crippen LogP contribution in [0.25, 0.3) is 10.9 Å². The Balaban J connectivity index is 1.70. The number of carbonyl (C=O) groups is 1. The van der Waals surface area contributed by atoms with Crippen molar-refractivity contribution in [3.8, 4) is 0 Å². The van der Waals surface area contributed by atoms with Crippen LogP contribution in [0.5, 0.6) is 0 Å². The molecule has 32 heavy (non-hydrogen) atoms. The summed E-state index contributed by atoms with van der Waals surface area (Å²) in [5, 5.41) is 3.25. The first-order valence-corrected chi connectivity index (χ1v) is 13.0. The maximum atomic E-state index is 13.3. The number of pyridine rings is 1. The number of benzene rings is 1. The zero-order valence-electron chi connectivity index (χ0n) is 19.1. The fraction of sp³-hybridized carbons (Fsp3) is 0.583. The summed E-state index contributed by atoms with van der Waals surface area (Å²) in [7, 11) is -1.95. The van der Waals surface area contributed by atoms with Gasteiger partial charge in [-0.3, -0.25) is 9.59 Å². The van der Waals surface area contributed by atoms with E-state index in [1.165, 1.54) is 16.8 Å². The average Bonchev–Trinajstić information content (AvgIpc) is 2.76. The molecule has 0 bridgehead atoms. The van der Waals surface area contributed by atoms with E-state index in [0.717, 1.165) is 32.1 Å². The molecular formula is C24H33N3O4S. The Morgan fingerprint density at radius 1 is 1.06 bits per heavy atom. The lowest BCUT2D eigenvalue weighted by Gasteiger charge is -2.34. The summed E-state index contributed by atoms with van der Waals surface area (Å²) in [5.41, 5.74) is 0.229. The Hall–Kier alpha value is -2.19. The highest BCUT2D eigenvalue weighted by Crippen LogP contribution is 2.28. The molecule has 1 amide bonds. The maximum absolute atomic E-state index is 13.3. The van der Waals surface area contributed by atoms with Crippen LogP contribution in [0, 0.1) is 11.8 Å². The Kier molecular flexibility index (Phi) is 6.45. The highest BCUT2D eigenvalue weighted by Gasteiger charge is 2.32. The molecule has 1 saturated carbocycles. The largest absolute Gasteiger partial charge is 0.350 e. The molecular weight excluding hydrogens is 426 g/mol. The SMILES string of the molecule is CC1CC(C)CN(S(=O)(=O)c2ccc3c(c2)c(=O)c(C(=O)NC2CCCCC2)cn3C)C1. The van der Waals surface area contributed by atoms with Gasteiger partial charge in [0.15, 0.2) is 0 Å². The van der Waals surface area contributed by atoms with E-state index in [9.17, 15) is 18.0 Å². The van der Waals surface area contributed by atoms with Crippen LogP contribution >= 0.6 is 0 Å². The van der Waals surface area contributed by atoms with Crippen LogP contribution in [0.15, 0.2) is 34.1 Å². The minimum absolute atomic E-state index is 0.0559.